The molecule has 4 heteroatoms. The van der Waals surface area contributed by atoms with Crippen LogP contribution in [0.5, 0.6) is 0 Å². The lowest BCUT2D eigenvalue weighted by atomic mass is 10.1. The van der Waals surface area contributed by atoms with Gasteiger partial charge in [0, 0.05) is 47.0 Å². The molecule has 4 rings (SSSR count). The summed E-state index contributed by atoms with van der Waals surface area (Å²) in [6.07, 6.45) is 4.81. The molecule has 0 aliphatic rings. The van der Waals surface area contributed by atoms with Gasteiger partial charge in [0.2, 0.25) is 0 Å². The quantitative estimate of drug-likeness (QED) is 0.525. The van der Waals surface area contributed by atoms with E-state index in [0.717, 1.165) is 38.6 Å². The predicted molar refractivity (Wildman–Crippen MR) is 86.1 cm³/mol. The average molecular weight is 291 g/mol. The number of aromatic nitrogens is 3. The van der Waals surface area contributed by atoms with Crippen LogP contribution in [0.2, 0.25) is 0 Å². The fourth-order valence-electron chi connectivity index (χ4n) is 2.95. The van der Waals surface area contributed by atoms with Crippen molar-refractivity contribution in [3.05, 3.63) is 60.4 Å². The summed E-state index contributed by atoms with van der Waals surface area (Å²) in [5.41, 5.74) is 4.98. The Morgan fingerprint density at radius 2 is 1.73 bits per heavy atom. The third-order valence-corrected chi connectivity index (χ3v) is 4.07. The Morgan fingerprint density at radius 1 is 0.909 bits per heavy atom. The summed E-state index contributed by atoms with van der Waals surface area (Å²) in [6, 6.07) is 9.72. The first-order valence-electron chi connectivity index (χ1n) is 7.09. The van der Waals surface area contributed by atoms with E-state index in [4.69, 9.17) is 0 Å². The van der Waals surface area contributed by atoms with E-state index in [1.807, 2.05) is 26.2 Å². The second-order valence-electron chi connectivity index (χ2n) is 5.53. The Bertz CT molecular complexity index is 1020. The van der Waals surface area contributed by atoms with Gasteiger partial charge in [-0.1, -0.05) is 12.1 Å². The highest BCUT2D eigenvalue weighted by molar-refractivity contribution is 6.08. The van der Waals surface area contributed by atoms with Crippen LogP contribution in [0, 0.1) is 12.7 Å². The number of benzene rings is 1. The largest absolute Gasteiger partial charge is 0.343 e. The molecule has 0 amide bonds. The Morgan fingerprint density at radius 3 is 2.55 bits per heavy atom. The van der Waals surface area contributed by atoms with Crippen molar-refractivity contribution in [2.75, 3.05) is 0 Å². The van der Waals surface area contributed by atoms with Gasteiger partial charge in [0.05, 0.1) is 11.7 Å². The third-order valence-electron chi connectivity index (χ3n) is 4.07. The van der Waals surface area contributed by atoms with Crippen LogP contribution in [0.25, 0.3) is 32.9 Å². The highest BCUT2D eigenvalue weighted by atomic mass is 19.1. The molecule has 0 fully saturated rings. The molecule has 0 bridgehead atoms. The smallest absolute Gasteiger partial charge is 0.142 e. The van der Waals surface area contributed by atoms with Gasteiger partial charge in [-0.25, -0.2) is 4.39 Å². The standard InChI is InChI=1S/C18H14FN3/c1-11-5-17-16(10-21-11)15-4-3-12(7-18(15)22(17)2)13-6-14(19)9-20-8-13/h3-10H,1-2H3. The topological polar surface area (TPSA) is 30.7 Å². The monoisotopic (exact) mass is 291 g/mol. The Balaban J connectivity index is 2.02. The maximum absolute atomic E-state index is 13.4. The third kappa shape index (κ3) is 1.88. The van der Waals surface area contributed by atoms with E-state index in [1.54, 1.807) is 6.20 Å². The molecule has 0 spiro atoms. The normalized spacial score (nSPS) is 11.4. The van der Waals surface area contributed by atoms with E-state index in [2.05, 4.69) is 32.7 Å². The fourth-order valence-corrected chi connectivity index (χ4v) is 2.95. The first-order valence-corrected chi connectivity index (χ1v) is 7.09. The van der Waals surface area contributed by atoms with Crippen molar-refractivity contribution in [1.82, 2.24) is 14.5 Å². The molecule has 0 saturated carbocycles. The van der Waals surface area contributed by atoms with Gasteiger partial charge in [0.1, 0.15) is 5.82 Å². The molecule has 0 N–H and O–H groups in total. The molecule has 3 nitrogen and oxygen atoms in total. The molecule has 22 heavy (non-hydrogen) atoms. The number of fused-ring (bicyclic) bond motifs is 3. The zero-order valence-corrected chi connectivity index (χ0v) is 12.3. The van der Waals surface area contributed by atoms with Crippen LogP contribution in [0.1, 0.15) is 5.69 Å². The van der Waals surface area contributed by atoms with Gasteiger partial charge in [0.25, 0.3) is 0 Å². The maximum Gasteiger partial charge on any atom is 0.142 e. The Hall–Kier alpha value is -2.75. The number of rotatable bonds is 1. The molecular weight excluding hydrogens is 277 g/mol. The summed E-state index contributed by atoms with van der Waals surface area (Å²) in [6.45, 7) is 1.99. The summed E-state index contributed by atoms with van der Waals surface area (Å²) in [4.78, 5) is 8.32. The summed E-state index contributed by atoms with van der Waals surface area (Å²) in [5, 5.41) is 2.28. The molecule has 0 saturated heterocycles. The molecule has 3 heterocycles. The zero-order chi connectivity index (χ0) is 15.3. The van der Waals surface area contributed by atoms with Crippen molar-refractivity contribution >= 4 is 21.8 Å². The zero-order valence-electron chi connectivity index (χ0n) is 12.3. The molecule has 0 radical (unpaired) electrons. The van der Waals surface area contributed by atoms with E-state index in [0.29, 0.717) is 0 Å². The minimum atomic E-state index is -0.325. The van der Waals surface area contributed by atoms with Gasteiger partial charge in [-0.05, 0) is 30.7 Å². The second kappa shape index (κ2) is 4.63. The van der Waals surface area contributed by atoms with Crippen molar-refractivity contribution in [2.24, 2.45) is 7.05 Å². The highest BCUT2D eigenvalue weighted by Gasteiger charge is 2.10. The Kier molecular flexibility index (Phi) is 2.73. The predicted octanol–water partition coefficient (Wildman–Crippen LogP) is 4.24. The molecule has 4 aromatic rings. The number of hydrogen-bond acceptors (Lipinski definition) is 2. The van der Waals surface area contributed by atoms with Crippen LogP contribution in [0.3, 0.4) is 0 Å². The number of aryl methyl sites for hydroxylation is 2. The molecule has 0 aliphatic carbocycles. The summed E-state index contributed by atoms with van der Waals surface area (Å²) < 4.78 is 15.5. The Labute approximate surface area is 127 Å². The van der Waals surface area contributed by atoms with Crippen molar-refractivity contribution in [3.63, 3.8) is 0 Å². The summed E-state index contributed by atoms with van der Waals surface area (Å²) >= 11 is 0. The van der Waals surface area contributed by atoms with E-state index in [9.17, 15) is 4.39 Å². The fraction of sp³-hybridized carbons (Fsp3) is 0.111. The van der Waals surface area contributed by atoms with E-state index in [1.165, 1.54) is 12.3 Å². The molecule has 0 atom stereocenters. The van der Waals surface area contributed by atoms with Crippen LogP contribution in [0.4, 0.5) is 4.39 Å². The minimum Gasteiger partial charge on any atom is -0.343 e. The first-order chi connectivity index (χ1) is 10.6. The molecule has 1 aromatic carbocycles. The summed E-state index contributed by atoms with van der Waals surface area (Å²) in [5.74, 6) is -0.325. The van der Waals surface area contributed by atoms with Gasteiger partial charge in [-0.15, -0.1) is 0 Å². The lowest BCUT2D eigenvalue weighted by molar-refractivity contribution is 0.622. The highest BCUT2D eigenvalue weighted by Crippen LogP contribution is 2.31. The van der Waals surface area contributed by atoms with Crippen molar-refractivity contribution in [1.29, 1.82) is 0 Å². The number of pyridine rings is 2. The van der Waals surface area contributed by atoms with Crippen LogP contribution >= 0.6 is 0 Å². The van der Waals surface area contributed by atoms with Gasteiger partial charge in [-0.3, -0.25) is 9.97 Å². The van der Waals surface area contributed by atoms with Crippen molar-refractivity contribution < 1.29 is 4.39 Å². The van der Waals surface area contributed by atoms with Crippen molar-refractivity contribution in [2.45, 2.75) is 6.92 Å². The molecule has 3 aromatic heterocycles. The van der Waals surface area contributed by atoms with Gasteiger partial charge in [0.15, 0.2) is 0 Å². The van der Waals surface area contributed by atoms with Crippen LogP contribution in [0.15, 0.2) is 48.9 Å². The van der Waals surface area contributed by atoms with Crippen LogP contribution < -0.4 is 0 Å². The van der Waals surface area contributed by atoms with Crippen LogP contribution in [-0.4, -0.2) is 14.5 Å². The lowest BCUT2D eigenvalue weighted by Gasteiger charge is -2.03. The molecule has 0 unspecified atom stereocenters. The second-order valence-corrected chi connectivity index (χ2v) is 5.53. The van der Waals surface area contributed by atoms with E-state index in [-0.39, 0.29) is 5.82 Å². The average Bonchev–Trinajstić information content (AvgIpc) is 2.79. The number of halogens is 1. The van der Waals surface area contributed by atoms with Gasteiger partial charge >= 0.3 is 0 Å². The van der Waals surface area contributed by atoms with Gasteiger partial charge < -0.3 is 4.57 Å². The lowest BCUT2D eigenvalue weighted by Crippen LogP contribution is -1.89. The molecule has 108 valence electrons. The van der Waals surface area contributed by atoms with Crippen molar-refractivity contribution in [3.8, 4) is 11.1 Å². The van der Waals surface area contributed by atoms with Gasteiger partial charge in [-0.2, -0.15) is 0 Å². The molecular formula is C18H14FN3. The van der Waals surface area contributed by atoms with E-state index >= 15 is 0 Å². The maximum atomic E-state index is 13.4. The number of hydrogen-bond donors (Lipinski definition) is 0. The van der Waals surface area contributed by atoms with E-state index < -0.39 is 0 Å². The minimum absolute atomic E-state index is 0.325. The SMILES string of the molecule is Cc1cc2c(cn1)c1ccc(-c3cncc(F)c3)cc1n2C. The summed E-state index contributed by atoms with van der Waals surface area (Å²) in [7, 11) is 2.04. The number of nitrogens with zero attached hydrogens (tertiary/aromatic N) is 3. The molecule has 0 aliphatic heterocycles. The first kappa shape index (κ1) is 13.0. The van der Waals surface area contributed by atoms with Crippen LogP contribution in [-0.2, 0) is 7.05 Å².